The molecule has 4 rings (SSSR count). The molecule has 1 aliphatic rings. The lowest BCUT2D eigenvalue weighted by molar-refractivity contribution is 0.177. The van der Waals surface area contributed by atoms with Crippen LogP contribution >= 0.6 is 22.9 Å². The molecule has 5 nitrogen and oxygen atoms in total. The second kappa shape index (κ2) is 7.35. The minimum Gasteiger partial charge on any atom is -0.447 e. The molecular weight excluding hydrogens is 370 g/mol. The van der Waals surface area contributed by atoms with Gasteiger partial charge in [0.05, 0.1) is 11.7 Å². The second-order valence-corrected chi connectivity index (χ2v) is 7.31. The normalized spacial score (nSPS) is 16.2. The molecule has 1 atom stereocenters. The number of cyclic esters (lactones) is 1. The monoisotopic (exact) mass is 385 g/mol. The van der Waals surface area contributed by atoms with Gasteiger partial charge in [0.2, 0.25) is 0 Å². The minimum absolute atomic E-state index is 0.0422. The lowest BCUT2D eigenvalue weighted by atomic mass is 10.1. The highest BCUT2D eigenvalue weighted by Crippen LogP contribution is 2.28. The summed E-state index contributed by atoms with van der Waals surface area (Å²) in [6, 6.07) is 15.8. The first kappa shape index (κ1) is 16.9. The van der Waals surface area contributed by atoms with Crippen LogP contribution in [0.25, 0.3) is 11.3 Å². The Balaban J connectivity index is 1.40. The van der Waals surface area contributed by atoms with Crippen molar-refractivity contribution in [2.75, 3.05) is 11.9 Å². The summed E-state index contributed by atoms with van der Waals surface area (Å²) in [6.45, 7) is 0.421. The van der Waals surface area contributed by atoms with Gasteiger partial charge >= 0.3 is 6.09 Å². The molecule has 2 N–H and O–H groups in total. The van der Waals surface area contributed by atoms with Crippen molar-refractivity contribution in [3.8, 4) is 11.3 Å². The average Bonchev–Trinajstić information content (AvgIpc) is 3.26. The van der Waals surface area contributed by atoms with Gasteiger partial charge in [-0.2, -0.15) is 0 Å². The first-order valence-electron chi connectivity index (χ1n) is 8.16. The Hall–Kier alpha value is -2.57. The van der Waals surface area contributed by atoms with Crippen LogP contribution in [0.1, 0.15) is 5.56 Å². The van der Waals surface area contributed by atoms with Gasteiger partial charge < -0.3 is 15.4 Å². The highest BCUT2D eigenvalue weighted by Gasteiger charge is 2.22. The van der Waals surface area contributed by atoms with Gasteiger partial charge in [0.15, 0.2) is 5.13 Å². The van der Waals surface area contributed by atoms with E-state index in [-0.39, 0.29) is 12.1 Å². The second-order valence-electron chi connectivity index (χ2n) is 6.01. The number of anilines is 2. The molecule has 0 saturated carbocycles. The van der Waals surface area contributed by atoms with Crippen molar-refractivity contribution >= 4 is 39.8 Å². The topological polar surface area (TPSA) is 63.2 Å². The van der Waals surface area contributed by atoms with Crippen molar-refractivity contribution in [2.24, 2.45) is 0 Å². The molecule has 7 heteroatoms. The molecule has 0 bridgehead atoms. The number of halogens is 1. The van der Waals surface area contributed by atoms with Crippen molar-refractivity contribution in [1.82, 2.24) is 10.3 Å². The highest BCUT2D eigenvalue weighted by molar-refractivity contribution is 7.14. The zero-order valence-corrected chi connectivity index (χ0v) is 15.3. The van der Waals surface area contributed by atoms with E-state index in [4.69, 9.17) is 16.3 Å². The van der Waals surface area contributed by atoms with Crippen molar-refractivity contribution < 1.29 is 9.53 Å². The van der Waals surface area contributed by atoms with Crippen molar-refractivity contribution in [3.05, 3.63) is 64.5 Å². The maximum atomic E-state index is 11.1. The number of ether oxygens (including phenoxy) is 1. The Morgan fingerprint density at radius 1 is 1.27 bits per heavy atom. The smallest absolute Gasteiger partial charge is 0.407 e. The number of thiazole rings is 1. The van der Waals surface area contributed by atoms with Crippen molar-refractivity contribution in [3.63, 3.8) is 0 Å². The van der Waals surface area contributed by atoms with Crippen LogP contribution in [0.5, 0.6) is 0 Å². The van der Waals surface area contributed by atoms with E-state index in [0.29, 0.717) is 11.6 Å². The lowest BCUT2D eigenvalue weighted by Crippen LogP contribution is -2.28. The summed E-state index contributed by atoms with van der Waals surface area (Å²) < 4.78 is 4.91. The van der Waals surface area contributed by atoms with Crippen LogP contribution in [0.4, 0.5) is 15.6 Å². The van der Waals surface area contributed by atoms with Gasteiger partial charge in [-0.15, -0.1) is 11.3 Å². The van der Waals surface area contributed by atoms with Crippen LogP contribution in [0.2, 0.25) is 5.02 Å². The molecule has 1 amide bonds. The van der Waals surface area contributed by atoms with Crippen LogP contribution in [-0.4, -0.2) is 23.7 Å². The fourth-order valence-electron chi connectivity index (χ4n) is 2.78. The lowest BCUT2D eigenvalue weighted by Gasteiger charge is -2.08. The largest absolute Gasteiger partial charge is 0.447 e. The van der Waals surface area contributed by atoms with Crippen LogP contribution in [0.3, 0.4) is 0 Å². The zero-order valence-electron chi connectivity index (χ0n) is 13.7. The third kappa shape index (κ3) is 3.98. The van der Waals surface area contributed by atoms with E-state index in [2.05, 4.69) is 15.6 Å². The number of rotatable bonds is 5. The number of hydrogen-bond acceptors (Lipinski definition) is 5. The number of hydrogen-bond donors (Lipinski definition) is 2. The van der Waals surface area contributed by atoms with E-state index >= 15 is 0 Å². The maximum absolute atomic E-state index is 11.1. The molecule has 2 aromatic carbocycles. The van der Waals surface area contributed by atoms with E-state index in [9.17, 15) is 4.79 Å². The SMILES string of the molecule is O=C1NC(Cc2ccc(Nc3nc(-c4cccc(Cl)c4)cs3)cc2)CO1. The Labute approximate surface area is 160 Å². The molecule has 1 aliphatic heterocycles. The first-order valence-corrected chi connectivity index (χ1v) is 9.42. The summed E-state index contributed by atoms with van der Waals surface area (Å²) in [5.41, 5.74) is 4.00. The Kier molecular flexibility index (Phi) is 4.77. The molecule has 1 saturated heterocycles. The van der Waals surface area contributed by atoms with Gasteiger partial charge in [0, 0.05) is 21.7 Å². The van der Waals surface area contributed by atoms with Gasteiger partial charge in [0.1, 0.15) is 6.61 Å². The number of alkyl carbamates (subject to hydrolysis) is 1. The molecule has 1 aromatic heterocycles. The number of aromatic nitrogens is 1. The molecule has 1 unspecified atom stereocenters. The molecule has 132 valence electrons. The molecule has 0 aliphatic carbocycles. The third-order valence-corrected chi connectivity index (χ3v) is 5.04. The van der Waals surface area contributed by atoms with E-state index < -0.39 is 0 Å². The number of carbonyl (C=O) groups is 1. The molecule has 0 radical (unpaired) electrons. The molecular formula is C19H16ClN3O2S. The van der Waals surface area contributed by atoms with Crippen LogP contribution in [0.15, 0.2) is 53.9 Å². The van der Waals surface area contributed by atoms with Crippen molar-refractivity contribution in [1.29, 1.82) is 0 Å². The average molecular weight is 386 g/mol. The molecule has 0 spiro atoms. The summed E-state index contributed by atoms with van der Waals surface area (Å²) >= 11 is 7.59. The van der Waals surface area contributed by atoms with Crippen LogP contribution in [-0.2, 0) is 11.2 Å². The fourth-order valence-corrected chi connectivity index (χ4v) is 3.71. The highest BCUT2D eigenvalue weighted by atomic mass is 35.5. The number of nitrogens with zero attached hydrogens (tertiary/aromatic N) is 1. The number of nitrogens with one attached hydrogen (secondary N) is 2. The number of carbonyl (C=O) groups excluding carboxylic acids is 1. The maximum Gasteiger partial charge on any atom is 0.407 e. The molecule has 26 heavy (non-hydrogen) atoms. The van der Waals surface area contributed by atoms with Gasteiger partial charge in [-0.05, 0) is 36.2 Å². The van der Waals surface area contributed by atoms with E-state index in [1.54, 1.807) is 11.3 Å². The van der Waals surface area contributed by atoms with Gasteiger partial charge in [0.25, 0.3) is 0 Å². The minimum atomic E-state index is -0.340. The quantitative estimate of drug-likeness (QED) is 0.658. The Morgan fingerprint density at radius 2 is 2.12 bits per heavy atom. The fraction of sp³-hybridized carbons (Fsp3) is 0.158. The van der Waals surface area contributed by atoms with E-state index in [1.807, 2.05) is 53.9 Å². The number of benzene rings is 2. The van der Waals surface area contributed by atoms with Crippen LogP contribution in [0, 0.1) is 0 Å². The van der Waals surface area contributed by atoms with E-state index in [0.717, 1.165) is 34.1 Å². The predicted molar refractivity (Wildman–Crippen MR) is 104 cm³/mol. The summed E-state index contributed by atoms with van der Waals surface area (Å²) in [6.07, 6.45) is 0.412. The van der Waals surface area contributed by atoms with Crippen molar-refractivity contribution in [2.45, 2.75) is 12.5 Å². The van der Waals surface area contributed by atoms with Crippen LogP contribution < -0.4 is 10.6 Å². The Bertz CT molecular complexity index is 927. The molecule has 1 fully saturated rings. The van der Waals surface area contributed by atoms with Gasteiger partial charge in [-0.1, -0.05) is 35.9 Å². The molecule has 3 aromatic rings. The molecule has 2 heterocycles. The van der Waals surface area contributed by atoms with Gasteiger partial charge in [-0.3, -0.25) is 0 Å². The zero-order chi connectivity index (χ0) is 17.9. The summed E-state index contributed by atoms with van der Waals surface area (Å²) in [4.78, 5) is 15.7. The predicted octanol–water partition coefficient (Wildman–Crippen LogP) is 4.86. The summed E-state index contributed by atoms with van der Waals surface area (Å²) in [5.74, 6) is 0. The van der Waals surface area contributed by atoms with Gasteiger partial charge in [-0.25, -0.2) is 9.78 Å². The summed E-state index contributed by atoms with van der Waals surface area (Å²) in [7, 11) is 0. The standard InChI is InChI=1S/C19H16ClN3O2S/c20-14-3-1-2-13(9-14)17-11-26-18(23-17)21-15-6-4-12(5-7-15)8-16-10-25-19(24)22-16/h1-7,9,11,16H,8,10H2,(H,21,23)(H,22,24). The Morgan fingerprint density at radius 3 is 2.85 bits per heavy atom. The third-order valence-electron chi connectivity index (χ3n) is 4.05. The number of amides is 1. The summed E-state index contributed by atoms with van der Waals surface area (Å²) in [5, 5.41) is 9.63. The first-order chi connectivity index (χ1) is 12.7. The van der Waals surface area contributed by atoms with E-state index in [1.165, 1.54) is 0 Å².